The molecule has 0 aromatic heterocycles. The molecule has 1 saturated heterocycles. The van der Waals surface area contributed by atoms with Gasteiger partial charge >= 0.3 is 0 Å². The molecule has 0 aliphatic carbocycles. The highest BCUT2D eigenvalue weighted by Crippen LogP contribution is 1.96. The first-order chi connectivity index (χ1) is 7.22. The molecule has 88 valence electrons. The first-order valence-corrected chi connectivity index (χ1v) is 5.40. The Morgan fingerprint density at radius 3 is 2.80 bits per heavy atom. The first kappa shape index (κ1) is 12.4. The van der Waals surface area contributed by atoms with Crippen molar-refractivity contribution < 1.29 is 14.6 Å². The summed E-state index contributed by atoms with van der Waals surface area (Å²) < 4.78 is 5.19. The summed E-state index contributed by atoms with van der Waals surface area (Å²) >= 11 is 0. The Bertz CT molecular complexity index is 193. The predicted molar refractivity (Wildman–Crippen MR) is 56.5 cm³/mol. The molecule has 1 atom stereocenters. The maximum Gasteiger partial charge on any atom is 0.234 e. The van der Waals surface area contributed by atoms with Gasteiger partial charge in [0.15, 0.2) is 0 Å². The summed E-state index contributed by atoms with van der Waals surface area (Å²) in [5.74, 6) is 0.149. The molecule has 0 aromatic carbocycles. The summed E-state index contributed by atoms with van der Waals surface area (Å²) in [6, 6.07) is 0. The lowest BCUT2D eigenvalue weighted by Gasteiger charge is -2.26. The molecule has 1 aliphatic heterocycles. The average Bonchev–Trinajstić information content (AvgIpc) is 2.27. The van der Waals surface area contributed by atoms with Gasteiger partial charge in [-0.2, -0.15) is 0 Å². The quantitative estimate of drug-likeness (QED) is 0.623. The molecule has 0 saturated carbocycles. The van der Waals surface area contributed by atoms with Crippen LogP contribution in [0.5, 0.6) is 0 Å². The molecule has 1 heterocycles. The minimum absolute atomic E-state index is 0.0252. The number of nitrogens with one attached hydrogen (secondary N) is 1. The minimum Gasteiger partial charge on any atom is -0.396 e. The number of ether oxygens (including phenoxy) is 1. The van der Waals surface area contributed by atoms with E-state index in [0.29, 0.717) is 26.3 Å². The van der Waals surface area contributed by atoms with Gasteiger partial charge in [-0.1, -0.05) is 6.92 Å². The number of rotatable bonds is 5. The second-order valence-corrected chi connectivity index (χ2v) is 3.98. The number of nitrogens with zero attached hydrogens (tertiary/aromatic N) is 1. The van der Waals surface area contributed by atoms with Gasteiger partial charge in [-0.15, -0.1) is 0 Å². The molecule has 0 aromatic rings. The number of carbonyl (C=O) groups excluding carboxylic acids is 1. The number of aliphatic hydroxyl groups is 1. The van der Waals surface area contributed by atoms with Crippen LogP contribution in [0.15, 0.2) is 0 Å². The molecule has 0 bridgehead atoms. The Hall–Kier alpha value is -0.650. The SMILES string of the molecule is CC(CO)CNC(=O)CN1CCOCC1. The van der Waals surface area contributed by atoms with Gasteiger partial charge in [-0.3, -0.25) is 9.69 Å². The van der Waals surface area contributed by atoms with Crippen molar-refractivity contribution in [3.8, 4) is 0 Å². The Labute approximate surface area is 90.4 Å². The number of amides is 1. The van der Waals surface area contributed by atoms with Crippen LogP contribution in [0, 0.1) is 5.92 Å². The summed E-state index contributed by atoms with van der Waals surface area (Å²) in [5, 5.41) is 11.6. The minimum atomic E-state index is 0.0252. The molecule has 5 nitrogen and oxygen atoms in total. The van der Waals surface area contributed by atoms with Crippen LogP contribution >= 0.6 is 0 Å². The molecule has 1 rings (SSSR count). The van der Waals surface area contributed by atoms with E-state index in [1.165, 1.54) is 0 Å². The van der Waals surface area contributed by atoms with Gasteiger partial charge < -0.3 is 15.2 Å². The number of aliphatic hydroxyl groups excluding tert-OH is 1. The van der Waals surface area contributed by atoms with Crippen LogP contribution < -0.4 is 5.32 Å². The molecular formula is C10H20N2O3. The number of hydrogen-bond donors (Lipinski definition) is 2. The first-order valence-electron chi connectivity index (χ1n) is 5.40. The molecule has 0 spiro atoms. The normalized spacial score (nSPS) is 19.9. The van der Waals surface area contributed by atoms with Crippen LogP contribution in [0.25, 0.3) is 0 Å². The van der Waals surface area contributed by atoms with E-state index in [4.69, 9.17) is 9.84 Å². The largest absolute Gasteiger partial charge is 0.396 e. The van der Waals surface area contributed by atoms with E-state index in [1.54, 1.807) is 0 Å². The van der Waals surface area contributed by atoms with Crippen molar-refractivity contribution in [2.45, 2.75) is 6.92 Å². The zero-order chi connectivity index (χ0) is 11.1. The highest BCUT2D eigenvalue weighted by Gasteiger charge is 2.14. The fraction of sp³-hybridized carbons (Fsp3) is 0.900. The fourth-order valence-electron chi connectivity index (χ4n) is 1.37. The van der Waals surface area contributed by atoms with E-state index < -0.39 is 0 Å². The van der Waals surface area contributed by atoms with E-state index in [9.17, 15) is 4.79 Å². The molecule has 15 heavy (non-hydrogen) atoms. The molecule has 0 radical (unpaired) electrons. The molecule has 2 N–H and O–H groups in total. The lowest BCUT2D eigenvalue weighted by Crippen LogP contribution is -2.44. The standard InChI is InChI=1S/C10H20N2O3/c1-9(8-13)6-11-10(14)7-12-2-4-15-5-3-12/h9,13H,2-8H2,1H3,(H,11,14). The molecule has 1 fully saturated rings. The zero-order valence-electron chi connectivity index (χ0n) is 9.24. The highest BCUT2D eigenvalue weighted by atomic mass is 16.5. The Balaban J connectivity index is 2.11. The fourth-order valence-corrected chi connectivity index (χ4v) is 1.37. The second kappa shape index (κ2) is 6.76. The van der Waals surface area contributed by atoms with E-state index in [0.717, 1.165) is 13.1 Å². The average molecular weight is 216 g/mol. The summed E-state index contributed by atoms with van der Waals surface area (Å²) in [6.07, 6.45) is 0. The summed E-state index contributed by atoms with van der Waals surface area (Å²) in [7, 11) is 0. The van der Waals surface area contributed by atoms with Crippen LogP contribution in [0.1, 0.15) is 6.92 Å². The van der Waals surface area contributed by atoms with Gasteiger partial charge in [-0.25, -0.2) is 0 Å². The van der Waals surface area contributed by atoms with Crippen LogP contribution in [0.3, 0.4) is 0 Å². The van der Waals surface area contributed by atoms with Crippen molar-refractivity contribution in [1.82, 2.24) is 10.2 Å². The highest BCUT2D eigenvalue weighted by molar-refractivity contribution is 5.78. The van der Waals surface area contributed by atoms with Crippen LogP contribution in [0.4, 0.5) is 0 Å². The van der Waals surface area contributed by atoms with Gasteiger partial charge in [0.05, 0.1) is 19.8 Å². The maximum absolute atomic E-state index is 11.5. The maximum atomic E-state index is 11.5. The summed E-state index contributed by atoms with van der Waals surface area (Å²) in [6.45, 7) is 6.04. The molecule has 1 unspecified atom stereocenters. The van der Waals surface area contributed by atoms with Crippen molar-refractivity contribution in [3.05, 3.63) is 0 Å². The second-order valence-electron chi connectivity index (χ2n) is 3.98. The third kappa shape index (κ3) is 5.11. The molecular weight excluding hydrogens is 196 g/mol. The summed E-state index contributed by atoms with van der Waals surface area (Å²) in [5.41, 5.74) is 0. The molecule has 1 aliphatic rings. The van der Waals surface area contributed by atoms with E-state index in [2.05, 4.69) is 10.2 Å². The van der Waals surface area contributed by atoms with Crippen LogP contribution in [-0.4, -0.2) is 61.9 Å². The van der Waals surface area contributed by atoms with E-state index in [-0.39, 0.29) is 18.4 Å². The number of morpholine rings is 1. The third-order valence-electron chi connectivity index (χ3n) is 2.43. The van der Waals surface area contributed by atoms with E-state index >= 15 is 0 Å². The third-order valence-corrected chi connectivity index (χ3v) is 2.43. The number of hydrogen-bond acceptors (Lipinski definition) is 4. The topological polar surface area (TPSA) is 61.8 Å². The van der Waals surface area contributed by atoms with Gasteiger partial charge in [0.1, 0.15) is 0 Å². The van der Waals surface area contributed by atoms with Crippen molar-refractivity contribution >= 4 is 5.91 Å². The van der Waals surface area contributed by atoms with Crippen molar-refractivity contribution in [2.75, 3.05) is 46.0 Å². The lowest BCUT2D eigenvalue weighted by atomic mass is 10.2. The Kier molecular flexibility index (Phi) is 5.60. The lowest BCUT2D eigenvalue weighted by molar-refractivity contribution is -0.123. The van der Waals surface area contributed by atoms with Crippen molar-refractivity contribution in [2.24, 2.45) is 5.92 Å². The summed E-state index contributed by atoms with van der Waals surface area (Å²) in [4.78, 5) is 13.5. The Morgan fingerprint density at radius 2 is 2.20 bits per heavy atom. The van der Waals surface area contributed by atoms with Crippen molar-refractivity contribution in [1.29, 1.82) is 0 Å². The van der Waals surface area contributed by atoms with Gasteiger partial charge in [0.2, 0.25) is 5.91 Å². The van der Waals surface area contributed by atoms with Crippen LogP contribution in [-0.2, 0) is 9.53 Å². The van der Waals surface area contributed by atoms with Gasteiger partial charge in [0, 0.05) is 26.2 Å². The van der Waals surface area contributed by atoms with Gasteiger partial charge in [0.25, 0.3) is 0 Å². The predicted octanol–water partition coefficient (Wildman–Crippen LogP) is -0.937. The molecule has 5 heteroatoms. The van der Waals surface area contributed by atoms with Crippen molar-refractivity contribution in [3.63, 3.8) is 0 Å². The Morgan fingerprint density at radius 1 is 1.53 bits per heavy atom. The smallest absolute Gasteiger partial charge is 0.234 e. The monoisotopic (exact) mass is 216 g/mol. The zero-order valence-corrected chi connectivity index (χ0v) is 9.24. The number of carbonyl (C=O) groups is 1. The van der Waals surface area contributed by atoms with Crippen LogP contribution in [0.2, 0.25) is 0 Å². The molecule has 1 amide bonds. The van der Waals surface area contributed by atoms with E-state index in [1.807, 2.05) is 6.92 Å². The van der Waals surface area contributed by atoms with Gasteiger partial charge in [-0.05, 0) is 5.92 Å².